The molecule has 8 nitrogen and oxygen atoms in total. The highest BCUT2D eigenvalue weighted by atomic mass is 32.2. The predicted molar refractivity (Wildman–Crippen MR) is 157 cm³/mol. The van der Waals surface area contributed by atoms with Crippen LogP contribution in [0.3, 0.4) is 0 Å². The molecule has 4 aromatic carbocycles. The van der Waals surface area contributed by atoms with E-state index < -0.39 is 16.1 Å². The smallest absolute Gasteiger partial charge is 0.263 e. The van der Waals surface area contributed by atoms with Gasteiger partial charge in [-0.2, -0.15) is 4.31 Å². The number of hydrogen-bond acceptors (Lipinski definition) is 5. The molecule has 1 N–H and O–H groups in total. The van der Waals surface area contributed by atoms with Gasteiger partial charge in [0, 0.05) is 25.6 Å². The molecule has 0 bridgehead atoms. The number of piperidine rings is 1. The Morgan fingerprint density at radius 2 is 1.51 bits per heavy atom. The number of carbonyl (C=O) groups is 2. The van der Waals surface area contributed by atoms with Crippen LogP contribution < -0.4 is 15.0 Å². The summed E-state index contributed by atoms with van der Waals surface area (Å²) in [5.74, 6) is -0.303. The minimum absolute atomic E-state index is 0.0894. The molecule has 1 fully saturated rings. The third-order valence-corrected chi connectivity index (χ3v) is 9.70. The molecule has 0 aliphatic carbocycles. The van der Waals surface area contributed by atoms with Crippen LogP contribution >= 0.6 is 0 Å². The van der Waals surface area contributed by atoms with Gasteiger partial charge in [-0.15, -0.1) is 0 Å². The van der Waals surface area contributed by atoms with E-state index in [1.165, 1.54) is 4.31 Å². The molecular formula is C32H31N3O5S. The number of anilines is 1. The monoisotopic (exact) mass is 569 g/mol. The van der Waals surface area contributed by atoms with Crippen molar-refractivity contribution in [2.75, 3.05) is 24.5 Å². The van der Waals surface area contributed by atoms with Crippen molar-refractivity contribution in [1.29, 1.82) is 0 Å². The van der Waals surface area contributed by atoms with E-state index in [2.05, 4.69) is 5.32 Å². The van der Waals surface area contributed by atoms with Gasteiger partial charge in [-0.05, 0) is 53.4 Å². The summed E-state index contributed by atoms with van der Waals surface area (Å²) in [6.45, 7) is 0.947. The van der Waals surface area contributed by atoms with Crippen molar-refractivity contribution >= 4 is 38.3 Å². The lowest BCUT2D eigenvalue weighted by atomic mass is 9.95. The third-order valence-electron chi connectivity index (χ3n) is 7.80. The second kappa shape index (κ2) is 11.3. The second-order valence-electron chi connectivity index (χ2n) is 10.4. The highest BCUT2D eigenvalue weighted by molar-refractivity contribution is 7.89. The van der Waals surface area contributed by atoms with E-state index in [-0.39, 0.29) is 42.3 Å². The maximum absolute atomic E-state index is 13.8. The van der Waals surface area contributed by atoms with Gasteiger partial charge < -0.3 is 15.0 Å². The Kier molecular flexibility index (Phi) is 7.47. The van der Waals surface area contributed by atoms with Gasteiger partial charge in [0.05, 0.1) is 17.1 Å². The number of nitrogens with one attached hydrogen (secondary N) is 1. The predicted octanol–water partition coefficient (Wildman–Crippen LogP) is 4.35. The van der Waals surface area contributed by atoms with Gasteiger partial charge in [-0.1, -0.05) is 72.8 Å². The number of fused-ring (bicyclic) bond motifs is 2. The van der Waals surface area contributed by atoms with Crippen LogP contribution in [0.25, 0.3) is 10.8 Å². The molecule has 0 saturated carbocycles. The zero-order chi connectivity index (χ0) is 28.4. The molecule has 2 aliphatic heterocycles. The molecule has 6 rings (SSSR count). The fourth-order valence-corrected chi connectivity index (χ4v) is 7.02. The van der Waals surface area contributed by atoms with Crippen molar-refractivity contribution < 1.29 is 22.7 Å². The standard InChI is InChI=1S/C32H31N3O5S/c36-31(33-21-23-8-2-1-3-9-23)30-22-35(28-12-6-7-13-29(28)40-30)32(37)25-16-18-34(19-17-25)41(38,39)27-15-14-24-10-4-5-11-26(24)20-27/h1-15,20,25,30H,16-19,21-22H2,(H,33,36). The summed E-state index contributed by atoms with van der Waals surface area (Å²) in [4.78, 5) is 28.7. The van der Waals surface area contributed by atoms with Gasteiger partial charge in [-0.25, -0.2) is 8.42 Å². The Balaban J connectivity index is 1.14. The quantitative estimate of drug-likeness (QED) is 0.373. The van der Waals surface area contributed by atoms with Crippen LogP contribution in [0.2, 0.25) is 0 Å². The van der Waals surface area contributed by atoms with E-state index in [4.69, 9.17) is 4.74 Å². The molecule has 9 heteroatoms. The molecule has 1 saturated heterocycles. The summed E-state index contributed by atoms with van der Waals surface area (Å²) in [6.07, 6.45) is -0.0579. The summed E-state index contributed by atoms with van der Waals surface area (Å²) >= 11 is 0. The number of nitrogens with zero attached hydrogens (tertiary/aromatic N) is 2. The van der Waals surface area contributed by atoms with E-state index in [0.29, 0.717) is 30.8 Å². The Bertz CT molecular complexity index is 1680. The van der Waals surface area contributed by atoms with E-state index in [0.717, 1.165) is 16.3 Å². The first-order chi connectivity index (χ1) is 19.9. The molecule has 210 valence electrons. The molecule has 0 spiro atoms. The van der Waals surface area contributed by atoms with Gasteiger partial charge in [0.2, 0.25) is 15.9 Å². The number of amides is 2. The molecule has 0 radical (unpaired) electrons. The lowest BCUT2D eigenvalue weighted by Crippen LogP contribution is -2.53. The molecule has 2 amide bonds. The highest BCUT2D eigenvalue weighted by Crippen LogP contribution is 2.36. The largest absolute Gasteiger partial charge is 0.477 e. The molecule has 2 aliphatic rings. The molecule has 1 unspecified atom stereocenters. The topological polar surface area (TPSA) is 96.0 Å². The van der Waals surface area contributed by atoms with E-state index >= 15 is 0 Å². The van der Waals surface area contributed by atoms with E-state index in [1.54, 1.807) is 23.1 Å². The summed E-state index contributed by atoms with van der Waals surface area (Å²) in [5.41, 5.74) is 1.59. The number of hydrogen-bond donors (Lipinski definition) is 1. The van der Waals surface area contributed by atoms with Crippen molar-refractivity contribution in [3.63, 3.8) is 0 Å². The maximum atomic E-state index is 13.8. The van der Waals surface area contributed by atoms with Crippen LogP contribution in [0.4, 0.5) is 5.69 Å². The molecular weight excluding hydrogens is 538 g/mol. The minimum Gasteiger partial charge on any atom is -0.477 e. The molecule has 0 aromatic heterocycles. The second-order valence-corrected chi connectivity index (χ2v) is 12.4. The number of sulfonamides is 1. The first kappa shape index (κ1) is 27.0. The van der Waals surface area contributed by atoms with Crippen LogP contribution in [0.5, 0.6) is 5.75 Å². The Hall–Kier alpha value is -4.21. The van der Waals surface area contributed by atoms with Crippen LogP contribution in [0.1, 0.15) is 18.4 Å². The van der Waals surface area contributed by atoms with Gasteiger partial charge >= 0.3 is 0 Å². The van der Waals surface area contributed by atoms with Crippen molar-refractivity contribution in [2.24, 2.45) is 5.92 Å². The molecule has 1 atom stereocenters. The highest BCUT2D eigenvalue weighted by Gasteiger charge is 2.39. The summed E-state index contributed by atoms with van der Waals surface area (Å²) < 4.78 is 34.3. The number of benzene rings is 4. The Morgan fingerprint density at radius 3 is 2.29 bits per heavy atom. The van der Waals surface area contributed by atoms with Crippen molar-refractivity contribution in [1.82, 2.24) is 9.62 Å². The number of carbonyl (C=O) groups excluding carboxylic acids is 2. The lowest BCUT2D eigenvalue weighted by molar-refractivity contribution is -0.129. The van der Waals surface area contributed by atoms with Crippen molar-refractivity contribution in [3.8, 4) is 5.75 Å². The normalized spacial score (nSPS) is 18.0. The first-order valence-corrected chi connectivity index (χ1v) is 15.2. The zero-order valence-corrected chi connectivity index (χ0v) is 23.3. The van der Waals surface area contributed by atoms with Crippen LogP contribution in [-0.4, -0.2) is 50.3 Å². The van der Waals surface area contributed by atoms with E-state index in [9.17, 15) is 18.0 Å². The van der Waals surface area contributed by atoms with Gasteiger partial charge in [-0.3, -0.25) is 9.59 Å². The Labute approximate surface area is 239 Å². The number of rotatable bonds is 6. The fourth-order valence-electron chi connectivity index (χ4n) is 5.52. The average molecular weight is 570 g/mol. The van der Waals surface area contributed by atoms with E-state index in [1.807, 2.05) is 78.9 Å². The zero-order valence-electron chi connectivity index (χ0n) is 22.5. The Morgan fingerprint density at radius 1 is 0.829 bits per heavy atom. The lowest BCUT2D eigenvalue weighted by Gasteiger charge is -2.38. The third kappa shape index (κ3) is 5.55. The summed E-state index contributed by atoms with van der Waals surface area (Å²) in [7, 11) is -3.69. The molecule has 4 aromatic rings. The number of para-hydroxylation sites is 2. The van der Waals surface area contributed by atoms with Gasteiger partial charge in [0.1, 0.15) is 5.75 Å². The van der Waals surface area contributed by atoms with Crippen molar-refractivity contribution in [2.45, 2.75) is 30.4 Å². The SMILES string of the molecule is O=C(NCc1ccccc1)C1CN(C(=O)C2CCN(S(=O)(=O)c3ccc4ccccc4c3)CC2)c2ccccc2O1. The average Bonchev–Trinajstić information content (AvgIpc) is 3.03. The van der Waals surface area contributed by atoms with Gasteiger partial charge in [0.15, 0.2) is 6.10 Å². The number of ether oxygens (including phenoxy) is 1. The first-order valence-electron chi connectivity index (χ1n) is 13.8. The van der Waals surface area contributed by atoms with Crippen molar-refractivity contribution in [3.05, 3.63) is 103 Å². The minimum atomic E-state index is -3.69. The molecule has 2 heterocycles. The van der Waals surface area contributed by atoms with Crippen LogP contribution in [0, 0.1) is 5.92 Å². The van der Waals surface area contributed by atoms with Gasteiger partial charge in [0.25, 0.3) is 5.91 Å². The maximum Gasteiger partial charge on any atom is 0.263 e. The van der Waals surface area contributed by atoms with Crippen LogP contribution in [-0.2, 0) is 26.2 Å². The summed E-state index contributed by atoms with van der Waals surface area (Å²) in [5, 5.41) is 4.76. The molecule has 41 heavy (non-hydrogen) atoms. The van der Waals surface area contributed by atoms with Crippen LogP contribution in [0.15, 0.2) is 102 Å². The fraction of sp³-hybridized carbons (Fsp3) is 0.250. The summed E-state index contributed by atoms with van der Waals surface area (Å²) in [6, 6.07) is 29.6.